The van der Waals surface area contributed by atoms with E-state index in [0.29, 0.717) is 18.9 Å². The molecular formula is C20H26N6O3S. The van der Waals surface area contributed by atoms with Crippen molar-refractivity contribution in [2.45, 2.75) is 69.2 Å². The van der Waals surface area contributed by atoms with E-state index in [1.54, 1.807) is 4.68 Å². The molecule has 2 amide bonds. The van der Waals surface area contributed by atoms with Gasteiger partial charge in [0.15, 0.2) is 0 Å². The molecule has 30 heavy (non-hydrogen) atoms. The number of rotatable bonds is 3. The standard InChI is InChI=1S/C20H26N6O3S/c1-20(2)8-7-13-16(12-5-3-6-14(12)23-17(13)20)24-19(27)25-30(28,29)15-11-22-26-10-4-9-21-18(15)26/h11,21H,3-10H2,1-2H3,(H2,23,24,25,27). The number of nitrogens with zero attached hydrogens (tertiary/aromatic N) is 3. The summed E-state index contributed by atoms with van der Waals surface area (Å²) in [7, 11) is -4.05. The van der Waals surface area contributed by atoms with Crippen molar-refractivity contribution in [3.63, 3.8) is 0 Å². The van der Waals surface area contributed by atoms with Gasteiger partial charge in [0.1, 0.15) is 10.7 Å². The van der Waals surface area contributed by atoms with Crippen molar-refractivity contribution in [1.29, 1.82) is 0 Å². The van der Waals surface area contributed by atoms with E-state index in [9.17, 15) is 13.2 Å². The van der Waals surface area contributed by atoms with Gasteiger partial charge in [0.2, 0.25) is 0 Å². The molecule has 160 valence electrons. The molecule has 9 nitrogen and oxygen atoms in total. The Bertz CT molecular complexity index is 1150. The maximum Gasteiger partial charge on any atom is 0.333 e. The van der Waals surface area contributed by atoms with Crippen LogP contribution in [0.25, 0.3) is 0 Å². The molecule has 0 aromatic carbocycles. The van der Waals surface area contributed by atoms with Crippen molar-refractivity contribution in [2.24, 2.45) is 0 Å². The summed E-state index contributed by atoms with van der Waals surface area (Å²) < 4.78 is 29.5. The van der Waals surface area contributed by atoms with Gasteiger partial charge in [-0.25, -0.2) is 22.6 Å². The molecule has 0 saturated carbocycles. The average molecular weight is 431 g/mol. The molecule has 5 rings (SSSR count). The van der Waals surface area contributed by atoms with Crippen LogP contribution in [0.2, 0.25) is 0 Å². The number of carbonyl (C=O) groups excluding carboxylic acids is 1. The van der Waals surface area contributed by atoms with Gasteiger partial charge in [0.25, 0.3) is 10.0 Å². The molecule has 2 aliphatic carbocycles. The molecule has 3 N–H and O–H groups in total. The van der Waals surface area contributed by atoms with Crippen molar-refractivity contribution in [1.82, 2.24) is 19.5 Å². The first-order valence-electron chi connectivity index (χ1n) is 10.4. The lowest BCUT2D eigenvalue weighted by atomic mass is 9.90. The third kappa shape index (κ3) is 3.05. The number of carbonyl (C=O) groups is 1. The zero-order valence-electron chi connectivity index (χ0n) is 17.2. The summed E-state index contributed by atoms with van der Waals surface area (Å²) in [4.78, 5) is 17.7. The SMILES string of the molecule is CC1(C)CCc2c1nc1c(c2NC(=O)NS(=O)(=O)c2cnn3c2NCCC3)CCC1. The topological polar surface area (TPSA) is 118 Å². The Labute approximate surface area is 175 Å². The number of hydrogen-bond donors (Lipinski definition) is 3. The molecule has 0 fully saturated rings. The Morgan fingerprint density at radius 1 is 1.20 bits per heavy atom. The maximum absolute atomic E-state index is 12.9. The Kier molecular flexibility index (Phi) is 4.32. The maximum atomic E-state index is 12.9. The molecule has 0 radical (unpaired) electrons. The smallest absolute Gasteiger partial charge is 0.333 e. The van der Waals surface area contributed by atoms with Crippen LogP contribution in [0.5, 0.6) is 0 Å². The zero-order chi connectivity index (χ0) is 21.1. The normalized spacial score (nSPS) is 18.9. The number of nitrogens with one attached hydrogen (secondary N) is 3. The highest BCUT2D eigenvalue weighted by molar-refractivity contribution is 7.90. The second-order valence-corrected chi connectivity index (χ2v) is 10.5. The van der Waals surface area contributed by atoms with Gasteiger partial charge in [-0.15, -0.1) is 0 Å². The Morgan fingerprint density at radius 3 is 2.87 bits per heavy atom. The second kappa shape index (κ2) is 6.69. The van der Waals surface area contributed by atoms with Crippen LogP contribution in [0.15, 0.2) is 11.1 Å². The predicted molar refractivity (Wildman–Crippen MR) is 112 cm³/mol. The van der Waals surface area contributed by atoms with Crippen LogP contribution in [-0.2, 0) is 41.2 Å². The lowest BCUT2D eigenvalue weighted by Crippen LogP contribution is -2.35. The summed E-state index contributed by atoms with van der Waals surface area (Å²) >= 11 is 0. The summed E-state index contributed by atoms with van der Waals surface area (Å²) in [6.07, 6.45) is 6.67. The summed E-state index contributed by atoms with van der Waals surface area (Å²) in [5, 5.41) is 10.0. The van der Waals surface area contributed by atoms with Crippen LogP contribution in [0.3, 0.4) is 0 Å². The number of aromatic nitrogens is 3. The van der Waals surface area contributed by atoms with Gasteiger partial charge >= 0.3 is 6.03 Å². The summed E-state index contributed by atoms with van der Waals surface area (Å²) in [6.45, 7) is 5.65. The van der Waals surface area contributed by atoms with E-state index in [0.717, 1.165) is 66.7 Å². The van der Waals surface area contributed by atoms with Crippen molar-refractivity contribution >= 4 is 27.6 Å². The summed E-state index contributed by atoms with van der Waals surface area (Å²) in [5.74, 6) is 0.425. The number of fused-ring (bicyclic) bond motifs is 3. The van der Waals surface area contributed by atoms with E-state index >= 15 is 0 Å². The van der Waals surface area contributed by atoms with Gasteiger partial charge < -0.3 is 10.6 Å². The van der Waals surface area contributed by atoms with Crippen LogP contribution in [-0.4, -0.2) is 35.8 Å². The van der Waals surface area contributed by atoms with Gasteiger partial charge in [-0.05, 0) is 49.7 Å². The monoisotopic (exact) mass is 430 g/mol. The van der Waals surface area contributed by atoms with Crippen LogP contribution in [0.1, 0.15) is 55.6 Å². The number of sulfonamides is 1. The van der Waals surface area contributed by atoms with E-state index in [-0.39, 0.29) is 10.3 Å². The molecule has 1 aliphatic heterocycles. The highest BCUT2D eigenvalue weighted by Crippen LogP contribution is 2.44. The third-order valence-corrected chi connectivity index (χ3v) is 7.70. The van der Waals surface area contributed by atoms with Gasteiger partial charge in [0.05, 0.1) is 17.6 Å². The number of anilines is 2. The number of aryl methyl sites for hydroxylation is 2. The van der Waals surface area contributed by atoms with Crippen LogP contribution < -0.4 is 15.4 Å². The van der Waals surface area contributed by atoms with Gasteiger partial charge in [-0.1, -0.05) is 13.8 Å². The third-order valence-electron chi connectivity index (χ3n) is 6.37. The van der Waals surface area contributed by atoms with E-state index < -0.39 is 16.1 Å². The van der Waals surface area contributed by atoms with Gasteiger partial charge in [-0.2, -0.15) is 5.10 Å². The Morgan fingerprint density at radius 2 is 2.03 bits per heavy atom. The largest absolute Gasteiger partial charge is 0.369 e. The molecule has 2 aromatic rings. The number of pyridine rings is 1. The second-order valence-electron chi connectivity index (χ2n) is 8.90. The fraction of sp³-hybridized carbons (Fsp3) is 0.550. The first-order valence-corrected chi connectivity index (χ1v) is 11.9. The quantitative estimate of drug-likeness (QED) is 0.688. The van der Waals surface area contributed by atoms with Crippen molar-refractivity contribution in [3.8, 4) is 0 Å². The number of amides is 2. The molecular weight excluding hydrogens is 404 g/mol. The van der Waals surface area contributed by atoms with Gasteiger partial charge in [-0.3, -0.25) is 4.98 Å². The lowest BCUT2D eigenvalue weighted by Gasteiger charge is -2.21. The molecule has 2 aromatic heterocycles. The summed E-state index contributed by atoms with van der Waals surface area (Å²) in [6, 6.07) is -0.752. The minimum absolute atomic E-state index is 0.0105. The number of hydrogen-bond acceptors (Lipinski definition) is 6. The average Bonchev–Trinajstić information content (AvgIpc) is 3.39. The fourth-order valence-corrected chi connectivity index (χ4v) is 5.82. The molecule has 3 heterocycles. The lowest BCUT2D eigenvalue weighted by molar-refractivity contribution is 0.256. The van der Waals surface area contributed by atoms with Crippen LogP contribution >= 0.6 is 0 Å². The molecule has 0 bridgehead atoms. The van der Waals surface area contributed by atoms with Crippen LogP contribution in [0.4, 0.5) is 16.3 Å². The molecule has 10 heteroatoms. The molecule has 0 spiro atoms. The van der Waals surface area contributed by atoms with Crippen LogP contribution in [0, 0.1) is 0 Å². The number of urea groups is 1. The van der Waals surface area contributed by atoms with E-state index in [1.165, 1.54) is 6.20 Å². The fourth-order valence-electron chi connectivity index (χ4n) is 4.80. The molecule has 0 unspecified atom stereocenters. The molecule has 3 aliphatic rings. The highest BCUT2D eigenvalue weighted by Gasteiger charge is 2.37. The molecule has 0 atom stereocenters. The van der Waals surface area contributed by atoms with Crippen molar-refractivity contribution in [3.05, 3.63) is 28.7 Å². The van der Waals surface area contributed by atoms with Crippen molar-refractivity contribution < 1.29 is 13.2 Å². The Hall–Kier alpha value is -2.62. The minimum Gasteiger partial charge on any atom is -0.369 e. The van der Waals surface area contributed by atoms with E-state index in [1.807, 2.05) is 0 Å². The predicted octanol–water partition coefficient (Wildman–Crippen LogP) is 2.32. The zero-order valence-corrected chi connectivity index (χ0v) is 18.0. The van der Waals surface area contributed by atoms with E-state index in [2.05, 4.69) is 34.3 Å². The van der Waals surface area contributed by atoms with Gasteiger partial charge in [0, 0.05) is 24.2 Å². The Balaban J connectivity index is 1.44. The first-order chi connectivity index (χ1) is 14.3. The first kappa shape index (κ1) is 19.3. The van der Waals surface area contributed by atoms with Crippen molar-refractivity contribution in [2.75, 3.05) is 17.2 Å². The highest BCUT2D eigenvalue weighted by atomic mass is 32.2. The minimum atomic E-state index is -4.05. The summed E-state index contributed by atoms with van der Waals surface area (Å²) in [5.41, 5.74) is 4.84. The van der Waals surface area contributed by atoms with E-state index in [4.69, 9.17) is 4.98 Å². The molecule has 0 saturated heterocycles.